The van der Waals surface area contributed by atoms with Crippen LogP contribution in [0, 0.1) is 6.92 Å². The highest BCUT2D eigenvalue weighted by atomic mass is 35.5. The highest BCUT2D eigenvalue weighted by Crippen LogP contribution is 2.25. The number of rotatable bonds is 6. The number of fused-ring (bicyclic) bond motifs is 1. The molecular weight excluding hydrogens is 413 g/mol. The molecule has 0 radical (unpaired) electrons. The zero-order chi connectivity index (χ0) is 17.8. The van der Waals surface area contributed by atoms with Gasteiger partial charge in [-0.15, -0.1) is 36.2 Å². The fraction of sp³-hybridized carbons (Fsp3) is 0.381. The van der Waals surface area contributed by atoms with Crippen LogP contribution in [0.4, 0.5) is 0 Å². The molecule has 1 aliphatic heterocycles. The summed E-state index contributed by atoms with van der Waals surface area (Å²) in [5.41, 5.74) is 3.74. The summed E-state index contributed by atoms with van der Waals surface area (Å²) in [5.74, 6) is 0.901. The highest BCUT2D eigenvalue weighted by molar-refractivity contribution is 7.18. The first kappa shape index (κ1) is 22.9. The van der Waals surface area contributed by atoms with Crippen LogP contribution in [-0.4, -0.2) is 42.7 Å². The zero-order valence-electron chi connectivity index (χ0n) is 16.0. The van der Waals surface area contributed by atoms with E-state index in [9.17, 15) is 0 Å². The van der Waals surface area contributed by atoms with E-state index in [0.29, 0.717) is 6.61 Å². The third kappa shape index (κ3) is 6.06. The van der Waals surface area contributed by atoms with Gasteiger partial charge in [0.15, 0.2) is 0 Å². The number of aryl methyl sites for hydroxylation is 1. The molecule has 4 nitrogen and oxygen atoms in total. The van der Waals surface area contributed by atoms with Crippen molar-refractivity contribution in [2.45, 2.75) is 19.9 Å². The van der Waals surface area contributed by atoms with Gasteiger partial charge in [0.2, 0.25) is 0 Å². The van der Waals surface area contributed by atoms with E-state index in [1.807, 2.05) is 19.1 Å². The second-order valence-corrected chi connectivity index (χ2v) is 8.04. The molecule has 1 aromatic heterocycles. The number of hydrogen-bond donors (Lipinski definition) is 1. The molecular formula is C21H27Cl2N3OS. The number of aromatic nitrogens is 1. The van der Waals surface area contributed by atoms with Gasteiger partial charge in [-0.2, -0.15) is 0 Å². The van der Waals surface area contributed by atoms with Crippen molar-refractivity contribution in [2.24, 2.45) is 0 Å². The lowest BCUT2D eigenvalue weighted by Crippen LogP contribution is -2.42. The maximum Gasteiger partial charge on any atom is 0.121 e. The van der Waals surface area contributed by atoms with Gasteiger partial charge in [-0.05, 0) is 30.2 Å². The normalized spacial score (nSPS) is 14.3. The SMILES string of the molecule is Cc1nc2cc(OCCc3ccc(CN4CCNCC4)cc3)ccc2s1.Cl.Cl. The van der Waals surface area contributed by atoms with Crippen molar-refractivity contribution >= 4 is 46.4 Å². The molecule has 0 atom stereocenters. The summed E-state index contributed by atoms with van der Waals surface area (Å²) in [5, 5.41) is 4.49. The first-order valence-electron chi connectivity index (χ1n) is 9.27. The number of benzene rings is 2. The summed E-state index contributed by atoms with van der Waals surface area (Å²) in [4.78, 5) is 7.03. The minimum Gasteiger partial charge on any atom is -0.493 e. The van der Waals surface area contributed by atoms with Gasteiger partial charge in [0.25, 0.3) is 0 Å². The lowest BCUT2D eigenvalue weighted by atomic mass is 10.1. The van der Waals surface area contributed by atoms with Gasteiger partial charge in [-0.3, -0.25) is 4.90 Å². The average Bonchev–Trinajstić information content (AvgIpc) is 3.03. The quantitative estimate of drug-likeness (QED) is 0.614. The van der Waals surface area contributed by atoms with E-state index < -0.39 is 0 Å². The molecule has 1 fully saturated rings. The summed E-state index contributed by atoms with van der Waals surface area (Å²) in [6.07, 6.45) is 0.919. The molecule has 0 bridgehead atoms. The third-order valence-corrected chi connectivity index (χ3v) is 5.72. The van der Waals surface area contributed by atoms with Gasteiger partial charge in [0.05, 0.1) is 21.8 Å². The van der Waals surface area contributed by atoms with E-state index in [0.717, 1.165) is 55.4 Å². The molecule has 0 unspecified atom stereocenters. The predicted molar refractivity (Wildman–Crippen MR) is 123 cm³/mol. The van der Waals surface area contributed by atoms with Crippen LogP contribution in [0.15, 0.2) is 42.5 Å². The lowest BCUT2D eigenvalue weighted by molar-refractivity contribution is 0.233. The molecule has 1 N–H and O–H groups in total. The smallest absolute Gasteiger partial charge is 0.121 e. The summed E-state index contributed by atoms with van der Waals surface area (Å²) < 4.78 is 7.15. The second-order valence-electron chi connectivity index (χ2n) is 6.80. The molecule has 3 aromatic rings. The third-order valence-electron chi connectivity index (χ3n) is 4.76. The first-order valence-corrected chi connectivity index (χ1v) is 10.1. The maximum atomic E-state index is 5.93. The van der Waals surface area contributed by atoms with Gasteiger partial charge < -0.3 is 10.1 Å². The van der Waals surface area contributed by atoms with Crippen LogP contribution in [0.25, 0.3) is 10.2 Å². The fourth-order valence-electron chi connectivity index (χ4n) is 3.34. The molecule has 0 spiro atoms. The number of halogens is 2. The van der Waals surface area contributed by atoms with Crippen LogP contribution in [-0.2, 0) is 13.0 Å². The molecule has 1 aliphatic rings. The van der Waals surface area contributed by atoms with Gasteiger partial charge in [0, 0.05) is 45.2 Å². The molecule has 1 saturated heterocycles. The van der Waals surface area contributed by atoms with Crippen molar-refractivity contribution in [1.29, 1.82) is 0 Å². The molecule has 0 aliphatic carbocycles. The monoisotopic (exact) mass is 439 g/mol. The highest BCUT2D eigenvalue weighted by Gasteiger charge is 2.09. The minimum absolute atomic E-state index is 0. The van der Waals surface area contributed by atoms with E-state index in [4.69, 9.17) is 4.74 Å². The molecule has 0 amide bonds. The van der Waals surface area contributed by atoms with E-state index in [1.165, 1.54) is 15.8 Å². The standard InChI is InChI=1S/C21H25N3OS.2ClH/c1-16-23-20-14-19(6-7-21(20)26-16)25-13-8-17-2-4-18(5-3-17)15-24-11-9-22-10-12-24;;/h2-7,14,22H,8-13,15H2,1H3;2*1H. The second kappa shape index (κ2) is 11.0. The summed E-state index contributed by atoms with van der Waals surface area (Å²) >= 11 is 1.72. The largest absolute Gasteiger partial charge is 0.493 e. The Labute approximate surface area is 183 Å². The summed E-state index contributed by atoms with van der Waals surface area (Å²) in [6.45, 7) is 8.24. The first-order chi connectivity index (χ1) is 12.8. The molecule has 28 heavy (non-hydrogen) atoms. The van der Waals surface area contributed by atoms with Crippen LogP contribution < -0.4 is 10.1 Å². The van der Waals surface area contributed by atoms with E-state index >= 15 is 0 Å². The van der Waals surface area contributed by atoms with Gasteiger partial charge in [-0.25, -0.2) is 4.98 Å². The number of nitrogens with one attached hydrogen (secondary N) is 1. The Morgan fingerprint density at radius 3 is 2.50 bits per heavy atom. The topological polar surface area (TPSA) is 37.4 Å². The van der Waals surface area contributed by atoms with E-state index in [2.05, 4.69) is 45.5 Å². The summed E-state index contributed by atoms with van der Waals surface area (Å²) in [6, 6.07) is 15.1. The lowest BCUT2D eigenvalue weighted by Gasteiger charge is -2.27. The zero-order valence-corrected chi connectivity index (χ0v) is 18.5. The molecule has 152 valence electrons. The van der Waals surface area contributed by atoms with E-state index in [1.54, 1.807) is 11.3 Å². The van der Waals surface area contributed by atoms with Crippen LogP contribution in [0.2, 0.25) is 0 Å². The van der Waals surface area contributed by atoms with Crippen LogP contribution in [0.1, 0.15) is 16.1 Å². The van der Waals surface area contributed by atoms with Gasteiger partial charge in [0.1, 0.15) is 5.75 Å². The van der Waals surface area contributed by atoms with Crippen LogP contribution >= 0.6 is 36.2 Å². The van der Waals surface area contributed by atoms with Crippen LogP contribution in [0.3, 0.4) is 0 Å². The van der Waals surface area contributed by atoms with Crippen LogP contribution in [0.5, 0.6) is 5.75 Å². The van der Waals surface area contributed by atoms with Crippen molar-refractivity contribution in [3.05, 3.63) is 58.6 Å². The Balaban J connectivity index is 0.00000140. The fourth-order valence-corrected chi connectivity index (χ4v) is 4.15. The molecule has 4 rings (SSSR count). The molecule has 2 heterocycles. The average molecular weight is 440 g/mol. The Hall–Kier alpha value is -1.37. The number of ether oxygens (including phenoxy) is 1. The predicted octanol–water partition coefficient (Wildman–Crippen LogP) is 4.48. The number of hydrogen-bond acceptors (Lipinski definition) is 5. The van der Waals surface area contributed by atoms with E-state index in [-0.39, 0.29) is 24.8 Å². The van der Waals surface area contributed by atoms with Crippen molar-refractivity contribution in [2.75, 3.05) is 32.8 Å². The molecule has 0 saturated carbocycles. The Morgan fingerprint density at radius 1 is 1.04 bits per heavy atom. The molecule has 2 aromatic carbocycles. The van der Waals surface area contributed by atoms with Crippen molar-refractivity contribution in [3.8, 4) is 5.75 Å². The van der Waals surface area contributed by atoms with Gasteiger partial charge >= 0.3 is 0 Å². The van der Waals surface area contributed by atoms with Crippen molar-refractivity contribution in [3.63, 3.8) is 0 Å². The van der Waals surface area contributed by atoms with Crippen molar-refractivity contribution in [1.82, 2.24) is 15.2 Å². The van der Waals surface area contributed by atoms with Crippen molar-refractivity contribution < 1.29 is 4.74 Å². The number of thiazole rings is 1. The Kier molecular flexibility index (Phi) is 8.99. The number of piperazine rings is 1. The minimum atomic E-state index is 0. The maximum absolute atomic E-state index is 5.93. The Bertz CT molecular complexity index is 864. The number of nitrogens with zero attached hydrogens (tertiary/aromatic N) is 2. The summed E-state index contributed by atoms with van der Waals surface area (Å²) in [7, 11) is 0. The van der Waals surface area contributed by atoms with Gasteiger partial charge in [-0.1, -0.05) is 24.3 Å². The Morgan fingerprint density at radius 2 is 1.75 bits per heavy atom. The molecule has 7 heteroatoms.